The van der Waals surface area contributed by atoms with Crippen LogP contribution in [0.4, 0.5) is 15.8 Å². The highest BCUT2D eigenvalue weighted by molar-refractivity contribution is 5.92. The SMILES string of the molecule is Cc1ccc(F)cc1NC(=O)CO/N=C/c1ccc(N(C)C)cc1. The van der Waals surface area contributed by atoms with Gasteiger partial charge in [-0.2, -0.15) is 0 Å². The molecule has 1 N–H and O–H groups in total. The highest BCUT2D eigenvalue weighted by Crippen LogP contribution is 2.15. The van der Waals surface area contributed by atoms with Gasteiger partial charge in [0.15, 0.2) is 6.61 Å². The molecule has 0 aliphatic carbocycles. The van der Waals surface area contributed by atoms with Gasteiger partial charge in [0, 0.05) is 25.5 Å². The van der Waals surface area contributed by atoms with E-state index in [0.717, 1.165) is 16.8 Å². The summed E-state index contributed by atoms with van der Waals surface area (Å²) in [6, 6.07) is 11.9. The van der Waals surface area contributed by atoms with E-state index in [-0.39, 0.29) is 6.61 Å². The van der Waals surface area contributed by atoms with Crippen LogP contribution in [0, 0.1) is 12.7 Å². The number of halogens is 1. The predicted octanol–water partition coefficient (Wildman–Crippen LogP) is 3.19. The Labute approximate surface area is 140 Å². The first-order chi connectivity index (χ1) is 11.5. The van der Waals surface area contributed by atoms with Crippen molar-refractivity contribution in [1.29, 1.82) is 0 Å². The van der Waals surface area contributed by atoms with Gasteiger partial charge in [0.05, 0.1) is 6.21 Å². The number of hydrogen-bond donors (Lipinski definition) is 1. The molecule has 126 valence electrons. The number of rotatable bonds is 6. The molecule has 0 saturated heterocycles. The molecule has 0 radical (unpaired) electrons. The fraction of sp³-hybridized carbons (Fsp3) is 0.222. The molecule has 2 aromatic rings. The maximum absolute atomic E-state index is 13.2. The van der Waals surface area contributed by atoms with Gasteiger partial charge in [0.2, 0.25) is 0 Å². The summed E-state index contributed by atoms with van der Waals surface area (Å²) in [6.07, 6.45) is 1.53. The van der Waals surface area contributed by atoms with Gasteiger partial charge in [-0.05, 0) is 42.3 Å². The minimum Gasteiger partial charge on any atom is -0.386 e. The Bertz CT molecular complexity index is 728. The van der Waals surface area contributed by atoms with E-state index in [2.05, 4.69) is 10.5 Å². The fourth-order valence-corrected chi connectivity index (χ4v) is 1.97. The molecule has 0 spiro atoms. The van der Waals surface area contributed by atoms with E-state index in [1.165, 1.54) is 18.3 Å². The second-order valence-electron chi connectivity index (χ2n) is 5.50. The smallest absolute Gasteiger partial charge is 0.265 e. The molecular weight excluding hydrogens is 309 g/mol. The van der Waals surface area contributed by atoms with Crippen LogP contribution in [0.1, 0.15) is 11.1 Å². The van der Waals surface area contributed by atoms with Gasteiger partial charge in [-0.3, -0.25) is 4.79 Å². The van der Waals surface area contributed by atoms with E-state index in [1.54, 1.807) is 13.0 Å². The molecule has 2 rings (SSSR count). The van der Waals surface area contributed by atoms with Crippen LogP contribution in [-0.2, 0) is 9.63 Å². The average Bonchev–Trinajstić information content (AvgIpc) is 2.55. The van der Waals surface area contributed by atoms with Gasteiger partial charge in [-0.1, -0.05) is 23.4 Å². The third-order valence-corrected chi connectivity index (χ3v) is 3.36. The van der Waals surface area contributed by atoms with Crippen LogP contribution >= 0.6 is 0 Å². The first-order valence-electron chi connectivity index (χ1n) is 7.44. The Hall–Kier alpha value is -2.89. The number of carbonyl (C=O) groups is 1. The summed E-state index contributed by atoms with van der Waals surface area (Å²) in [5, 5.41) is 6.35. The summed E-state index contributed by atoms with van der Waals surface area (Å²) >= 11 is 0. The lowest BCUT2D eigenvalue weighted by Gasteiger charge is -2.11. The van der Waals surface area contributed by atoms with E-state index in [1.807, 2.05) is 43.3 Å². The number of carbonyl (C=O) groups excluding carboxylic acids is 1. The minimum atomic E-state index is -0.406. The second-order valence-corrected chi connectivity index (χ2v) is 5.50. The molecule has 0 aromatic heterocycles. The molecule has 0 aliphatic rings. The molecular formula is C18H20FN3O2. The van der Waals surface area contributed by atoms with Gasteiger partial charge in [0.1, 0.15) is 5.82 Å². The second kappa shape index (κ2) is 8.10. The van der Waals surface area contributed by atoms with Crippen molar-refractivity contribution in [1.82, 2.24) is 0 Å². The standard InChI is InChI=1S/C18H20FN3O2/c1-13-4-7-15(19)10-17(13)21-18(23)12-24-20-11-14-5-8-16(9-6-14)22(2)3/h4-11H,12H2,1-3H3,(H,21,23)/b20-11+. The highest BCUT2D eigenvalue weighted by Gasteiger charge is 2.06. The lowest BCUT2D eigenvalue weighted by Crippen LogP contribution is -2.17. The maximum Gasteiger partial charge on any atom is 0.265 e. The topological polar surface area (TPSA) is 53.9 Å². The molecule has 6 heteroatoms. The zero-order valence-corrected chi connectivity index (χ0v) is 13.9. The normalized spacial score (nSPS) is 10.7. The van der Waals surface area contributed by atoms with E-state index in [4.69, 9.17) is 4.84 Å². The molecule has 24 heavy (non-hydrogen) atoms. The maximum atomic E-state index is 13.2. The Balaban J connectivity index is 1.82. The molecule has 0 atom stereocenters. The zero-order valence-electron chi connectivity index (χ0n) is 13.9. The first-order valence-corrected chi connectivity index (χ1v) is 7.44. The quantitative estimate of drug-likeness (QED) is 0.654. The Morgan fingerprint density at radius 1 is 1.25 bits per heavy atom. The number of anilines is 2. The predicted molar refractivity (Wildman–Crippen MR) is 94.1 cm³/mol. The van der Waals surface area contributed by atoms with Gasteiger partial charge in [0.25, 0.3) is 5.91 Å². The van der Waals surface area contributed by atoms with Crippen molar-refractivity contribution in [3.63, 3.8) is 0 Å². The summed E-state index contributed by atoms with van der Waals surface area (Å²) in [6.45, 7) is 1.54. The number of oxime groups is 1. The fourth-order valence-electron chi connectivity index (χ4n) is 1.97. The first kappa shape index (κ1) is 17.5. The Morgan fingerprint density at radius 2 is 1.96 bits per heavy atom. The van der Waals surface area contributed by atoms with Crippen LogP contribution in [0.2, 0.25) is 0 Å². The van der Waals surface area contributed by atoms with Crippen molar-refractivity contribution in [3.05, 3.63) is 59.4 Å². The van der Waals surface area contributed by atoms with Crippen molar-refractivity contribution in [2.75, 3.05) is 30.9 Å². The van der Waals surface area contributed by atoms with Crippen LogP contribution in [0.3, 0.4) is 0 Å². The summed E-state index contributed by atoms with van der Waals surface area (Å²) < 4.78 is 13.2. The summed E-state index contributed by atoms with van der Waals surface area (Å²) in [5.74, 6) is -0.806. The molecule has 0 bridgehead atoms. The van der Waals surface area contributed by atoms with Crippen molar-refractivity contribution in [2.45, 2.75) is 6.92 Å². The van der Waals surface area contributed by atoms with Crippen molar-refractivity contribution >= 4 is 23.5 Å². The molecule has 5 nitrogen and oxygen atoms in total. The number of hydrogen-bond acceptors (Lipinski definition) is 4. The lowest BCUT2D eigenvalue weighted by atomic mass is 10.2. The van der Waals surface area contributed by atoms with Crippen LogP contribution in [-0.4, -0.2) is 32.8 Å². The van der Waals surface area contributed by atoms with Gasteiger partial charge >= 0.3 is 0 Å². The van der Waals surface area contributed by atoms with Crippen LogP contribution in [0.5, 0.6) is 0 Å². The van der Waals surface area contributed by atoms with Crippen LogP contribution in [0.15, 0.2) is 47.6 Å². The van der Waals surface area contributed by atoms with Crippen molar-refractivity contribution in [2.24, 2.45) is 5.16 Å². The van der Waals surface area contributed by atoms with Gasteiger partial charge < -0.3 is 15.1 Å². The molecule has 0 unspecified atom stereocenters. The third kappa shape index (κ3) is 5.08. The Morgan fingerprint density at radius 3 is 2.62 bits per heavy atom. The Kier molecular flexibility index (Phi) is 5.89. The number of aryl methyl sites for hydroxylation is 1. The summed E-state index contributed by atoms with van der Waals surface area (Å²) in [4.78, 5) is 18.7. The molecule has 0 heterocycles. The zero-order chi connectivity index (χ0) is 17.5. The molecule has 1 amide bonds. The number of amides is 1. The lowest BCUT2D eigenvalue weighted by molar-refractivity contribution is -0.120. The van der Waals surface area contributed by atoms with Gasteiger partial charge in [-0.15, -0.1) is 0 Å². The van der Waals surface area contributed by atoms with E-state index in [0.29, 0.717) is 5.69 Å². The molecule has 0 saturated carbocycles. The molecule has 0 fully saturated rings. The van der Waals surface area contributed by atoms with E-state index in [9.17, 15) is 9.18 Å². The minimum absolute atomic E-state index is 0.248. The van der Waals surface area contributed by atoms with Crippen LogP contribution in [0.25, 0.3) is 0 Å². The third-order valence-electron chi connectivity index (χ3n) is 3.36. The average molecular weight is 329 g/mol. The number of benzene rings is 2. The molecule has 0 aliphatic heterocycles. The largest absolute Gasteiger partial charge is 0.386 e. The van der Waals surface area contributed by atoms with Crippen molar-refractivity contribution in [3.8, 4) is 0 Å². The number of nitrogens with zero attached hydrogens (tertiary/aromatic N) is 2. The van der Waals surface area contributed by atoms with Gasteiger partial charge in [-0.25, -0.2) is 4.39 Å². The number of nitrogens with one attached hydrogen (secondary N) is 1. The van der Waals surface area contributed by atoms with Crippen LogP contribution < -0.4 is 10.2 Å². The van der Waals surface area contributed by atoms with E-state index >= 15 is 0 Å². The summed E-state index contributed by atoms with van der Waals surface area (Å²) in [7, 11) is 3.93. The monoisotopic (exact) mass is 329 g/mol. The van der Waals surface area contributed by atoms with Crippen molar-refractivity contribution < 1.29 is 14.0 Å². The highest BCUT2D eigenvalue weighted by atomic mass is 19.1. The van der Waals surface area contributed by atoms with E-state index < -0.39 is 11.7 Å². The summed E-state index contributed by atoms with van der Waals surface area (Å²) in [5.41, 5.74) is 3.14. The molecule has 2 aromatic carbocycles.